The maximum absolute atomic E-state index is 14.4. The third kappa shape index (κ3) is 3.94. The van der Waals surface area contributed by atoms with Crippen molar-refractivity contribution in [2.24, 2.45) is 0 Å². The van der Waals surface area contributed by atoms with Crippen molar-refractivity contribution in [2.45, 2.75) is 6.61 Å². The summed E-state index contributed by atoms with van der Waals surface area (Å²) in [4.78, 5) is 4.39. The molecule has 2 N–H and O–H groups in total. The van der Waals surface area contributed by atoms with Crippen molar-refractivity contribution in [1.82, 2.24) is 14.7 Å². The van der Waals surface area contributed by atoms with Crippen LogP contribution in [0.25, 0.3) is 11.4 Å². The fourth-order valence-corrected chi connectivity index (χ4v) is 2.82. The highest BCUT2D eigenvalue weighted by Gasteiger charge is 2.13. The molecular formula is C17H14ClFN4OS. The van der Waals surface area contributed by atoms with Crippen molar-refractivity contribution in [2.75, 3.05) is 7.05 Å². The standard InChI is InChI=1S/C17H14ClFN4OS/c1-21-16(20)12-3-2-4-13(15(12)19)24-9-14-22-17(23-25-14)10-5-7-11(18)8-6-10/h2-8H,9H2,1H3,(H2,20,21). The molecule has 0 aliphatic rings. The Kier molecular flexibility index (Phi) is 5.25. The fourth-order valence-electron chi connectivity index (χ4n) is 2.12. The maximum Gasteiger partial charge on any atom is 0.175 e. The highest BCUT2D eigenvalue weighted by Crippen LogP contribution is 2.24. The highest BCUT2D eigenvalue weighted by molar-refractivity contribution is 7.05. The molecule has 0 amide bonds. The summed E-state index contributed by atoms with van der Waals surface area (Å²) < 4.78 is 24.2. The number of nitrogens with zero attached hydrogens (tertiary/aromatic N) is 2. The zero-order chi connectivity index (χ0) is 17.8. The zero-order valence-corrected chi connectivity index (χ0v) is 14.8. The number of ether oxygens (including phenoxy) is 1. The lowest BCUT2D eigenvalue weighted by atomic mass is 10.2. The molecule has 1 heterocycles. The minimum absolute atomic E-state index is 0.0103. The smallest absolute Gasteiger partial charge is 0.175 e. The maximum atomic E-state index is 14.4. The molecule has 0 radical (unpaired) electrons. The summed E-state index contributed by atoms with van der Waals surface area (Å²) in [5, 5.41) is 11.6. The first-order valence-corrected chi connectivity index (χ1v) is 8.50. The third-order valence-corrected chi connectivity index (χ3v) is 4.34. The van der Waals surface area contributed by atoms with Crippen molar-refractivity contribution in [3.8, 4) is 17.1 Å². The number of hydrogen-bond donors (Lipinski definition) is 2. The molecule has 2 aromatic carbocycles. The van der Waals surface area contributed by atoms with Gasteiger partial charge >= 0.3 is 0 Å². The van der Waals surface area contributed by atoms with E-state index < -0.39 is 5.82 Å². The monoisotopic (exact) mass is 376 g/mol. The third-order valence-electron chi connectivity index (χ3n) is 3.40. The molecular weight excluding hydrogens is 363 g/mol. The van der Waals surface area contributed by atoms with Crippen molar-refractivity contribution in [3.05, 3.63) is 63.9 Å². The van der Waals surface area contributed by atoms with Crippen molar-refractivity contribution >= 4 is 29.0 Å². The Balaban J connectivity index is 1.72. The second-order valence-corrected chi connectivity index (χ2v) is 6.32. The predicted octanol–water partition coefficient (Wildman–Crippen LogP) is 4.12. The van der Waals surface area contributed by atoms with E-state index in [9.17, 15) is 4.39 Å². The molecule has 0 spiro atoms. The molecule has 0 saturated heterocycles. The Morgan fingerprint density at radius 3 is 2.76 bits per heavy atom. The molecule has 0 bridgehead atoms. The summed E-state index contributed by atoms with van der Waals surface area (Å²) in [5.41, 5.74) is 1.00. The summed E-state index contributed by atoms with van der Waals surface area (Å²) in [7, 11) is 1.56. The molecule has 3 aromatic rings. The highest BCUT2D eigenvalue weighted by atomic mass is 35.5. The van der Waals surface area contributed by atoms with Crippen molar-refractivity contribution < 1.29 is 9.13 Å². The number of nitrogens with one attached hydrogen (secondary N) is 2. The first-order valence-electron chi connectivity index (χ1n) is 7.35. The van der Waals surface area contributed by atoms with Gasteiger partial charge in [0.05, 0.1) is 5.56 Å². The van der Waals surface area contributed by atoms with Crippen LogP contribution in [-0.2, 0) is 6.61 Å². The number of benzene rings is 2. The van der Waals surface area contributed by atoms with Crippen LogP contribution < -0.4 is 10.1 Å². The van der Waals surface area contributed by atoms with E-state index in [0.717, 1.165) is 5.56 Å². The largest absolute Gasteiger partial charge is 0.483 e. The molecule has 0 fully saturated rings. The lowest BCUT2D eigenvalue weighted by molar-refractivity contribution is 0.289. The molecule has 0 unspecified atom stereocenters. The topological polar surface area (TPSA) is 70.9 Å². The molecule has 0 aliphatic heterocycles. The van der Waals surface area contributed by atoms with Crippen LogP contribution in [0.5, 0.6) is 5.75 Å². The van der Waals surface area contributed by atoms with Gasteiger partial charge in [-0.25, -0.2) is 9.37 Å². The number of amidine groups is 1. The van der Waals surface area contributed by atoms with Crippen LogP contribution in [0.1, 0.15) is 10.6 Å². The SMILES string of the molecule is CNC(=N)c1cccc(OCc2nc(-c3ccc(Cl)cc3)ns2)c1F. The molecule has 0 saturated carbocycles. The lowest BCUT2D eigenvalue weighted by Gasteiger charge is -2.09. The van der Waals surface area contributed by atoms with Gasteiger partial charge in [0, 0.05) is 17.6 Å². The Morgan fingerprint density at radius 1 is 1.28 bits per heavy atom. The average molecular weight is 377 g/mol. The van der Waals surface area contributed by atoms with E-state index in [-0.39, 0.29) is 23.8 Å². The molecule has 0 aliphatic carbocycles. The summed E-state index contributed by atoms with van der Waals surface area (Å²) >= 11 is 7.06. The van der Waals surface area contributed by atoms with Crippen LogP contribution in [0.3, 0.4) is 0 Å². The predicted molar refractivity (Wildman–Crippen MR) is 97.0 cm³/mol. The van der Waals surface area contributed by atoms with Gasteiger partial charge in [-0.3, -0.25) is 5.41 Å². The van der Waals surface area contributed by atoms with Gasteiger partial charge in [0.25, 0.3) is 0 Å². The first-order chi connectivity index (χ1) is 12.1. The second kappa shape index (κ2) is 7.58. The van der Waals surface area contributed by atoms with Gasteiger partial charge in [0.1, 0.15) is 12.4 Å². The quantitative estimate of drug-likeness (QED) is 0.519. The molecule has 8 heteroatoms. The van der Waals surface area contributed by atoms with Gasteiger partial charge < -0.3 is 10.1 Å². The van der Waals surface area contributed by atoms with Gasteiger partial charge in [-0.2, -0.15) is 4.37 Å². The van der Waals surface area contributed by atoms with Crippen LogP contribution in [0.4, 0.5) is 4.39 Å². The molecule has 1 aromatic heterocycles. The van der Waals surface area contributed by atoms with Crippen molar-refractivity contribution in [3.63, 3.8) is 0 Å². The Bertz CT molecular complexity index is 898. The van der Waals surface area contributed by atoms with E-state index in [0.29, 0.717) is 15.9 Å². The molecule has 5 nitrogen and oxygen atoms in total. The molecule has 128 valence electrons. The van der Waals surface area contributed by atoms with E-state index in [1.807, 2.05) is 12.1 Å². The Morgan fingerprint density at radius 2 is 2.04 bits per heavy atom. The zero-order valence-electron chi connectivity index (χ0n) is 13.2. The summed E-state index contributed by atoms with van der Waals surface area (Å²) in [6.45, 7) is 0.0958. The second-order valence-electron chi connectivity index (χ2n) is 5.05. The Hall–Kier alpha value is -2.51. The molecule has 3 rings (SSSR count). The minimum atomic E-state index is -0.579. The number of aromatic nitrogens is 2. The minimum Gasteiger partial charge on any atom is -0.483 e. The molecule has 0 atom stereocenters. The summed E-state index contributed by atoms with van der Waals surface area (Å²) in [6, 6.07) is 11.9. The van der Waals surface area contributed by atoms with E-state index in [4.69, 9.17) is 21.7 Å². The van der Waals surface area contributed by atoms with E-state index in [1.54, 1.807) is 25.2 Å². The molecule has 25 heavy (non-hydrogen) atoms. The summed E-state index contributed by atoms with van der Waals surface area (Å²) in [6.07, 6.45) is 0. The Labute approximate surface area is 153 Å². The van der Waals surface area contributed by atoms with E-state index >= 15 is 0 Å². The van der Waals surface area contributed by atoms with E-state index in [2.05, 4.69) is 14.7 Å². The normalized spacial score (nSPS) is 10.5. The summed E-state index contributed by atoms with van der Waals surface area (Å²) in [5.74, 6) is 0.0559. The lowest BCUT2D eigenvalue weighted by Crippen LogP contribution is -2.19. The first kappa shape index (κ1) is 17.3. The van der Waals surface area contributed by atoms with E-state index in [1.165, 1.54) is 23.7 Å². The number of halogens is 2. The fraction of sp³-hybridized carbons (Fsp3) is 0.118. The van der Waals surface area contributed by atoms with Crippen LogP contribution >= 0.6 is 23.1 Å². The van der Waals surface area contributed by atoms with Crippen LogP contribution in [0, 0.1) is 11.2 Å². The van der Waals surface area contributed by atoms with Crippen LogP contribution in [0.2, 0.25) is 5.02 Å². The van der Waals surface area contributed by atoms with Gasteiger partial charge in [0.2, 0.25) is 0 Å². The number of rotatable bonds is 5. The average Bonchev–Trinajstić information content (AvgIpc) is 3.10. The van der Waals surface area contributed by atoms with Gasteiger partial charge in [-0.15, -0.1) is 0 Å². The number of hydrogen-bond acceptors (Lipinski definition) is 5. The van der Waals surface area contributed by atoms with Gasteiger partial charge in [-0.1, -0.05) is 17.7 Å². The van der Waals surface area contributed by atoms with Crippen LogP contribution in [0.15, 0.2) is 42.5 Å². The van der Waals surface area contributed by atoms with Crippen molar-refractivity contribution in [1.29, 1.82) is 5.41 Å². The van der Waals surface area contributed by atoms with Crippen LogP contribution in [-0.4, -0.2) is 22.2 Å². The van der Waals surface area contributed by atoms with Gasteiger partial charge in [0.15, 0.2) is 22.4 Å². The van der Waals surface area contributed by atoms with Gasteiger partial charge in [-0.05, 0) is 47.9 Å².